The van der Waals surface area contributed by atoms with Gasteiger partial charge in [-0.1, -0.05) is 0 Å². The van der Waals surface area contributed by atoms with Crippen LogP contribution in [0.3, 0.4) is 0 Å². The van der Waals surface area contributed by atoms with Crippen molar-refractivity contribution in [3.8, 4) is 0 Å². The highest BCUT2D eigenvalue weighted by atomic mass is 32.2. The lowest BCUT2D eigenvalue weighted by Gasteiger charge is -2.24. The van der Waals surface area contributed by atoms with Crippen molar-refractivity contribution in [2.45, 2.75) is 32.7 Å². The Morgan fingerprint density at radius 1 is 1.37 bits per heavy atom. The third kappa shape index (κ3) is 3.56. The molecule has 0 radical (unpaired) electrons. The average Bonchev–Trinajstić information content (AvgIpc) is 2.33. The van der Waals surface area contributed by atoms with E-state index >= 15 is 0 Å². The minimum Gasteiger partial charge on any atom is -0.370 e. The largest absolute Gasteiger partial charge is 0.370 e. The highest BCUT2D eigenvalue weighted by molar-refractivity contribution is 7.91. The number of anilines is 2. The Labute approximate surface area is 114 Å². The molecule has 0 aromatic carbocycles. The van der Waals surface area contributed by atoms with E-state index in [1.54, 1.807) is 0 Å². The van der Waals surface area contributed by atoms with E-state index in [4.69, 9.17) is 0 Å². The van der Waals surface area contributed by atoms with Crippen molar-refractivity contribution in [3.05, 3.63) is 11.9 Å². The Bertz CT molecular complexity index is 545. The molecule has 1 saturated heterocycles. The molecule has 2 heterocycles. The van der Waals surface area contributed by atoms with E-state index in [2.05, 4.69) is 20.6 Å². The van der Waals surface area contributed by atoms with Gasteiger partial charge in [0.15, 0.2) is 9.84 Å². The molecule has 1 fully saturated rings. The standard InChI is InChI=1S/C12H20N4O2S/c1-3-13-11-9(2)12(15-8-14-11)16-10-5-4-6-19(17,18)7-10/h8,10H,3-7H2,1-2H3,(H2,13,14,15,16). The van der Waals surface area contributed by atoms with Gasteiger partial charge in [0.05, 0.1) is 11.5 Å². The fraction of sp³-hybridized carbons (Fsp3) is 0.667. The maximum absolute atomic E-state index is 11.6. The Morgan fingerprint density at radius 3 is 2.79 bits per heavy atom. The third-order valence-corrected chi connectivity index (χ3v) is 5.05. The van der Waals surface area contributed by atoms with Crippen molar-refractivity contribution >= 4 is 21.5 Å². The van der Waals surface area contributed by atoms with E-state index in [1.807, 2.05) is 13.8 Å². The van der Waals surface area contributed by atoms with Gasteiger partial charge in [0.1, 0.15) is 18.0 Å². The first kappa shape index (κ1) is 14.0. The Hall–Kier alpha value is -1.37. The zero-order chi connectivity index (χ0) is 13.9. The summed E-state index contributed by atoms with van der Waals surface area (Å²) in [5.41, 5.74) is 0.923. The van der Waals surface area contributed by atoms with Crippen LogP contribution in [0.15, 0.2) is 6.33 Å². The van der Waals surface area contributed by atoms with E-state index in [-0.39, 0.29) is 11.8 Å². The lowest BCUT2D eigenvalue weighted by Crippen LogP contribution is -2.35. The van der Waals surface area contributed by atoms with Crippen LogP contribution in [0.4, 0.5) is 11.6 Å². The van der Waals surface area contributed by atoms with Gasteiger partial charge in [-0.25, -0.2) is 18.4 Å². The van der Waals surface area contributed by atoms with Gasteiger partial charge < -0.3 is 10.6 Å². The van der Waals surface area contributed by atoms with Crippen LogP contribution < -0.4 is 10.6 Å². The summed E-state index contributed by atoms with van der Waals surface area (Å²) in [6.07, 6.45) is 3.06. The first-order valence-electron chi connectivity index (χ1n) is 6.54. The van der Waals surface area contributed by atoms with Crippen LogP contribution in [0, 0.1) is 6.92 Å². The first-order chi connectivity index (χ1) is 9.02. The topological polar surface area (TPSA) is 84.0 Å². The fourth-order valence-corrected chi connectivity index (χ4v) is 3.91. The summed E-state index contributed by atoms with van der Waals surface area (Å²) in [5.74, 6) is 2.00. The van der Waals surface area contributed by atoms with E-state index in [0.717, 1.165) is 24.3 Å². The van der Waals surface area contributed by atoms with Gasteiger partial charge in [-0.2, -0.15) is 0 Å². The summed E-state index contributed by atoms with van der Waals surface area (Å²) in [6.45, 7) is 4.72. The van der Waals surface area contributed by atoms with E-state index in [1.165, 1.54) is 6.33 Å². The van der Waals surface area contributed by atoms with Crippen LogP contribution in [0.1, 0.15) is 25.3 Å². The molecule has 0 spiro atoms. The number of sulfone groups is 1. The predicted octanol–water partition coefficient (Wildman–Crippen LogP) is 1.21. The molecule has 1 aromatic rings. The third-order valence-electron chi connectivity index (χ3n) is 3.23. The molecule has 7 heteroatoms. The Morgan fingerprint density at radius 2 is 2.11 bits per heavy atom. The van der Waals surface area contributed by atoms with Crippen LogP contribution in [0.2, 0.25) is 0 Å². The summed E-state index contributed by atoms with van der Waals surface area (Å²) >= 11 is 0. The lowest BCUT2D eigenvalue weighted by molar-refractivity contribution is 0.561. The summed E-state index contributed by atoms with van der Waals surface area (Å²) in [4.78, 5) is 8.38. The molecule has 106 valence electrons. The van der Waals surface area contributed by atoms with Gasteiger partial charge in [0, 0.05) is 18.2 Å². The number of nitrogens with zero attached hydrogens (tertiary/aromatic N) is 2. The molecule has 0 saturated carbocycles. The molecule has 1 aliphatic rings. The van der Waals surface area contributed by atoms with Crippen LogP contribution in [-0.4, -0.2) is 42.5 Å². The minimum absolute atomic E-state index is 0.0539. The maximum atomic E-state index is 11.6. The maximum Gasteiger partial charge on any atom is 0.152 e. The molecule has 0 aliphatic carbocycles. The predicted molar refractivity (Wildman–Crippen MR) is 76.2 cm³/mol. The highest BCUT2D eigenvalue weighted by Gasteiger charge is 2.25. The molecule has 1 atom stereocenters. The summed E-state index contributed by atoms with van der Waals surface area (Å²) < 4.78 is 23.2. The van der Waals surface area contributed by atoms with E-state index < -0.39 is 9.84 Å². The molecule has 0 amide bonds. The van der Waals surface area contributed by atoms with E-state index in [0.29, 0.717) is 18.0 Å². The summed E-state index contributed by atoms with van der Waals surface area (Å²) in [7, 11) is -2.91. The summed E-state index contributed by atoms with van der Waals surface area (Å²) in [6, 6.07) is -0.0539. The number of nitrogens with one attached hydrogen (secondary N) is 2. The number of aromatic nitrogens is 2. The van der Waals surface area contributed by atoms with Gasteiger partial charge in [-0.05, 0) is 26.7 Å². The second-order valence-corrected chi connectivity index (χ2v) is 7.05. The van der Waals surface area contributed by atoms with Crippen molar-refractivity contribution < 1.29 is 8.42 Å². The monoisotopic (exact) mass is 284 g/mol. The average molecular weight is 284 g/mol. The van der Waals surface area contributed by atoms with Crippen LogP contribution in [0.25, 0.3) is 0 Å². The van der Waals surface area contributed by atoms with E-state index in [9.17, 15) is 8.42 Å². The fourth-order valence-electron chi connectivity index (χ4n) is 2.27. The van der Waals surface area contributed by atoms with Crippen molar-refractivity contribution in [3.63, 3.8) is 0 Å². The molecule has 6 nitrogen and oxygen atoms in total. The number of rotatable bonds is 4. The van der Waals surface area contributed by atoms with Crippen molar-refractivity contribution in [2.24, 2.45) is 0 Å². The minimum atomic E-state index is -2.91. The number of hydrogen-bond acceptors (Lipinski definition) is 6. The molecule has 19 heavy (non-hydrogen) atoms. The zero-order valence-electron chi connectivity index (χ0n) is 11.3. The van der Waals surface area contributed by atoms with Crippen LogP contribution >= 0.6 is 0 Å². The molecule has 1 aromatic heterocycles. The summed E-state index contributed by atoms with van der Waals surface area (Å²) in [5, 5.41) is 6.39. The van der Waals surface area contributed by atoms with Crippen LogP contribution in [-0.2, 0) is 9.84 Å². The Balaban J connectivity index is 2.13. The molecule has 2 rings (SSSR count). The lowest BCUT2D eigenvalue weighted by atomic mass is 10.2. The molecular formula is C12H20N4O2S. The van der Waals surface area contributed by atoms with Crippen molar-refractivity contribution in [2.75, 3.05) is 28.7 Å². The molecule has 1 aliphatic heterocycles. The normalized spacial score (nSPS) is 21.9. The first-order valence-corrected chi connectivity index (χ1v) is 8.36. The zero-order valence-corrected chi connectivity index (χ0v) is 12.1. The van der Waals surface area contributed by atoms with Gasteiger partial charge in [0.25, 0.3) is 0 Å². The molecular weight excluding hydrogens is 264 g/mol. The molecule has 1 unspecified atom stereocenters. The van der Waals surface area contributed by atoms with Gasteiger partial charge in [-0.3, -0.25) is 0 Å². The number of hydrogen-bond donors (Lipinski definition) is 2. The smallest absolute Gasteiger partial charge is 0.152 e. The highest BCUT2D eigenvalue weighted by Crippen LogP contribution is 2.21. The van der Waals surface area contributed by atoms with Crippen molar-refractivity contribution in [1.82, 2.24) is 9.97 Å². The molecule has 0 bridgehead atoms. The van der Waals surface area contributed by atoms with Crippen LogP contribution in [0.5, 0.6) is 0 Å². The second-order valence-electron chi connectivity index (χ2n) is 4.82. The SMILES string of the molecule is CCNc1ncnc(NC2CCCS(=O)(=O)C2)c1C. The van der Waals surface area contributed by atoms with Gasteiger partial charge in [0.2, 0.25) is 0 Å². The van der Waals surface area contributed by atoms with Crippen molar-refractivity contribution in [1.29, 1.82) is 0 Å². The quantitative estimate of drug-likeness (QED) is 0.864. The van der Waals surface area contributed by atoms with Gasteiger partial charge >= 0.3 is 0 Å². The van der Waals surface area contributed by atoms with Gasteiger partial charge in [-0.15, -0.1) is 0 Å². The molecule has 2 N–H and O–H groups in total. The Kier molecular flexibility index (Phi) is 4.24. The second kappa shape index (κ2) is 5.73.